The molecule has 0 atom stereocenters. The maximum atomic E-state index is 12.7. The van der Waals surface area contributed by atoms with Crippen molar-refractivity contribution in [3.8, 4) is 0 Å². The second-order valence-electron chi connectivity index (χ2n) is 6.28. The Morgan fingerprint density at radius 1 is 1.24 bits per heavy atom. The SMILES string of the molecule is CCC(CC)n1nccc1NC(=O)c1cc(C(C)C)n2ncnc2n1. The van der Waals surface area contributed by atoms with E-state index in [9.17, 15) is 4.79 Å². The molecule has 0 aliphatic heterocycles. The van der Waals surface area contributed by atoms with Crippen molar-refractivity contribution in [1.82, 2.24) is 29.4 Å². The van der Waals surface area contributed by atoms with Gasteiger partial charge in [0.25, 0.3) is 11.7 Å². The Balaban J connectivity index is 1.92. The van der Waals surface area contributed by atoms with Gasteiger partial charge in [0, 0.05) is 6.07 Å². The summed E-state index contributed by atoms with van der Waals surface area (Å²) >= 11 is 0. The lowest BCUT2D eigenvalue weighted by molar-refractivity contribution is 0.102. The predicted molar refractivity (Wildman–Crippen MR) is 94.7 cm³/mol. The summed E-state index contributed by atoms with van der Waals surface area (Å²) < 4.78 is 3.52. The standard InChI is InChI=1S/C17H23N7O/c1-5-12(6-2)23-15(7-8-19-23)22-16(25)13-9-14(11(3)4)24-17(21-13)18-10-20-24/h7-12H,5-6H2,1-4H3,(H,22,25). The van der Waals surface area contributed by atoms with Crippen molar-refractivity contribution in [1.29, 1.82) is 0 Å². The molecule has 3 heterocycles. The lowest BCUT2D eigenvalue weighted by Gasteiger charge is -2.17. The molecule has 0 aliphatic rings. The highest BCUT2D eigenvalue weighted by Gasteiger charge is 2.18. The van der Waals surface area contributed by atoms with Crippen LogP contribution in [0.25, 0.3) is 5.78 Å². The van der Waals surface area contributed by atoms with Crippen molar-refractivity contribution in [3.63, 3.8) is 0 Å². The molecule has 0 aliphatic carbocycles. The number of nitrogens with zero attached hydrogens (tertiary/aromatic N) is 6. The fourth-order valence-electron chi connectivity index (χ4n) is 2.88. The fourth-order valence-corrected chi connectivity index (χ4v) is 2.88. The average molecular weight is 341 g/mol. The van der Waals surface area contributed by atoms with Crippen molar-refractivity contribution < 1.29 is 4.79 Å². The average Bonchev–Trinajstić information content (AvgIpc) is 3.24. The molecular weight excluding hydrogens is 318 g/mol. The van der Waals surface area contributed by atoms with Gasteiger partial charge in [0.05, 0.1) is 17.9 Å². The molecule has 1 N–H and O–H groups in total. The number of anilines is 1. The van der Waals surface area contributed by atoms with E-state index in [1.54, 1.807) is 22.8 Å². The van der Waals surface area contributed by atoms with Crippen LogP contribution < -0.4 is 5.32 Å². The smallest absolute Gasteiger partial charge is 0.275 e. The Labute approximate surface area is 146 Å². The van der Waals surface area contributed by atoms with Gasteiger partial charge < -0.3 is 5.32 Å². The van der Waals surface area contributed by atoms with Crippen LogP contribution in [-0.2, 0) is 0 Å². The van der Waals surface area contributed by atoms with Crippen LogP contribution in [0.4, 0.5) is 5.82 Å². The molecule has 0 radical (unpaired) electrons. The van der Waals surface area contributed by atoms with Gasteiger partial charge in [0.1, 0.15) is 17.8 Å². The summed E-state index contributed by atoms with van der Waals surface area (Å²) in [5.41, 5.74) is 1.21. The van der Waals surface area contributed by atoms with Gasteiger partial charge in [0.2, 0.25) is 0 Å². The van der Waals surface area contributed by atoms with E-state index < -0.39 is 0 Å². The van der Waals surface area contributed by atoms with Crippen LogP contribution in [0, 0.1) is 0 Å². The number of hydrogen-bond donors (Lipinski definition) is 1. The van der Waals surface area contributed by atoms with E-state index >= 15 is 0 Å². The van der Waals surface area contributed by atoms with Crippen molar-refractivity contribution in [3.05, 3.63) is 36.0 Å². The number of amides is 1. The van der Waals surface area contributed by atoms with E-state index in [2.05, 4.69) is 39.3 Å². The summed E-state index contributed by atoms with van der Waals surface area (Å²) in [6.07, 6.45) is 5.03. The summed E-state index contributed by atoms with van der Waals surface area (Å²) in [6.45, 7) is 8.30. The molecule has 0 aromatic carbocycles. The van der Waals surface area contributed by atoms with Gasteiger partial charge in [-0.3, -0.25) is 4.79 Å². The number of hydrogen-bond acceptors (Lipinski definition) is 5. The third-order valence-corrected chi connectivity index (χ3v) is 4.30. The zero-order valence-electron chi connectivity index (χ0n) is 15.0. The van der Waals surface area contributed by atoms with E-state index in [4.69, 9.17) is 0 Å². The topological polar surface area (TPSA) is 90.0 Å². The highest BCUT2D eigenvalue weighted by atomic mass is 16.2. The lowest BCUT2D eigenvalue weighted by Crippen LogP contribution is -2.20. The number of nitrogens with one attached hydrogen (secondary N) is 1. The Kier molecular flexibility index (Phi) is 4.78. The molecule has 132 valence electrons. The molecule has 0 bridgehead atoms. The van der Waals surface area contributed by atoms with Gasteiger partial charge in [-0.2, -0.15) is 15.2 Å². The van der Waals surface area contributed by atoms with Crippen molar-refractivity contribution in [2.75, 3.05) is 5.32 Å². The number of rotatable bonds is 6. The second-order valence-corrected chi connectivity index (χ2v) is 6.28. The van der Waals surface area contributed by atoms with Crippen molar-refractivity contribution >= 4 is 17.5 Å². The Morgan fingerprint density at radius 2 is 2.00 bits per heavy atom. The zero-order valence-corrected chi connectivity index (χ0v) is 15.0. The van der Waals surface area contributed by atoms with Gasteiger partial charge in [-0.1, -0.05) is 27.7 Å². The summed E-state index contributed by atoms with van der Waals surface area (Å²) in [7, 11) is 0. The summed E-state index contributed by atoms with van der Waals surface area (Å²) in [4.78, 5) is 21.2. The third kappa shape index (κ3) is 3.24. The first-order chi connectivity index (χ1) is 12.0. The van der Waals surface area contributed by atoms with Crippen LogP contribution in [0.2, 0.25) is 0 Å². The summed E-state index contributed by atoms with van der Waals surface area (Å²) in [6, 6.07) is 3.82. The molecular formula is C17H23N7O. The maximum absolute atomic E-state index is 12.7. The van der Waals surface area contributed by atoms with Crippen molar-refractivity contribution in [2.24, 2.45) is 0 Å². The monoisotopic (exact) mass is 341 g/mol. The van der Waals surface area contributed by atoms with Crippen LogP contribution >= 0.6 is 0 Å². The molecule has 25 heavy (non-hydrogen) atoms. The van der Waals surface area contributed by atoms with E-state index in [0.29, 0.717) is 17.3 Å². The van der Waals surface area contributed by atoms with Gasteiger partial charge >= 0.3 is 0 Å². The minimum atomic E-state index is -0.278. The number of carbonyl (C=O) groups is 1. The quantitative estimate of drug-likeness (QED) is 0.744. The van der Waals surface area contributed by atoms with E-state index in [-0.39, 0.29) is 17.9 Å². The van der Waals surface area contributed by atoms with E-state index in [1.807, 2.05) is 18.5 Å². The normalized spacial score (nSPS) is 11.6. The van der Waals surface area contributed by atoms with Gasteiger partial charge in [-0.15, -0.1) is 0 Å². The Morgan fingerprint density at radius 3 is 2.68 bits per heavy atom. The lowest BCUT2D eigenvalue weighted by atomic mass is 10.1. The minimum Gasteiger partial charge on any atom is -0.305 e. The third-order valence-electron chi connectivity index (χ3n) is 4.30. The number of aromatic nitrogens is 6. The molecule has 0 unspecified atom stereocenters. The first kappa shape index (κ1) is 17.1. The molecule has 3 aromatic rings. The molecule has 0 saturated carbocycles. The number of fused-ring (bicyclic) bond motifs is 1. The minimum absolute atomic E-state index is 0.189. The van der Waals surface area contributed by atoms with Crippen LogP contribution in [0.5, 0.6) is 0 Å². The molecule has 1 amide bonds. The van der Waals surface area contributed by atoms with Crippen LogP contribution in [0.1, 0.15) is 68.7 Å². The highest BCUT2D eigenvalue weighted by Crippen LogP contribution is 2.21. The zero-order chi connectivity index (χ0) is 18.0. The highest BCUT2D eigenvalue weighted by molar-refractivity contribution is 6.02. The molecule has 8 nitrogen and oxygen atoms in total. The van der Waals surface area contributed by atoms with Gasteiger partial charge in [0.15, 0.2) is 0 Å². The Hall–Kier alpha value is -2.77. The molecule has 3 rings (SSSR count). The maximum Gasteiger partial charge on any atom is 0.275 e. The molecule has 0 spiro atoms. The van der Waals surface area contributed by atoms with E-state index in [1.165, 1.54) is 6.33 Å². The Bertz CT molecular complexity index is 876. The van der Waals surface area contributed by atoms with Crippen LogP contribution in [0.3, 0.4) is 0 Å². The molecule has 0 fully saturated rings. The van der Waals surface area contributed by atoms with Gasteiger partial charge in [-0.25, -0.2) is 14.2 Å². The first-order valence-electron chi connectivity index (χ1n) is 8.60. The second kappa shape index (κ2) is 7.00. The number of carbonyl (C=O) groups excluding carboxylic acids is 1. The fraction of sp³-hybridized carbons (Fsp3) is 0.471. The van der Waals surface area contributed by atoms with Crippen LogP contribution in [-0.4, -0.2) is 35.3 Å². The molecule has 3 aromatic heterocycles. The predicted octanol–water partition coefficient (Wildman–Crippen LogP) is 3.06. The van der Waals surface area contributed by atoms with Crippen LogP contribution in [0.15, 0.2) is 24.7 Å². The van der Waals surface area contributed by atoms with Gasteiger partial charge in [-0.05, 0) is 24.8 Å². The van der Waals surface area contributed by atoms with E-state index in [0.717, 1.165) is 18.5 Å². The molecule has 8 heteroatoms. The first-order valence-corrected chi connectivity index (χ1v) is 8.60. The largest absolute Gasteiger partial charge is 0.305 e. The molecule has 0 saturated heterocycles. The van der Waals surface area contributed by atoms with Crippen molar-refractivity contribution in [2.45, 2.75) is 52.5 Å². The summed E-state index contributed by atoms with van der Waals surface area (Å²) in [5.74, 6) is 1.01. The summed E-state index contributed by atoms with van der Waals surface area (Å²) in [5, 5.41) is 11.4.